The number of furan rings is 1. The maximum Gasteiger partial charge on any atom is 0.287 e. The number of amides is 2. The highest BCUT2D eigenvalue weighted by atomic mass is 16.5. The fourth-order valence-corrected chi connectivity index (χ4v) is 3.77. The van der Waals surface area contributed by atoms with E-state index in [1.54, 1.807) is 36.7 Å². The van der Waals surface area contributed by atoms with E-state index < -0.39 is 0 Å². The molecule has 8 heteroatoms. The number of carbonyl (C=O) groups excluding carboxylic acids is 2. The lowest BCUT2D eigenvalue weighted by molar-refractivity contribution is 0.0918. The molecule has 0 saturated heterocycles. The average Bonchev–Trinajstić information content (AvgIpc) is 3.18. The SMILES string of the molecule is COc1ccccc1C(=O)N/N=C1\CCCc2oc(C(=O)NCc3cccnc3)c(C)c21. The summed E-state index contributed by atoms with van der Waals surface area (Å²) in [5.41, 5.74) is 6.12. The molecule has 1 aliphatic carbocycles. The molecule has 0 bridgehead atoms. The molecule has 0 spiro atoms. The highest BCUT2D eigenvalue weighted by molar-refractivity contribution is 6.07. The first-order valence-electron chi connectivity index (χ1n) is 10.4. The van der Waals surface area contributed by atoms with Crippen molar-refractivity contribution in [1.29, 1.82) is 0 Å². The van der Waals surface area contributed by atoms with Gasteiger partial charge in [-0.15, -0.1) is 0 Å². The van der Waals surface area contributed by atoms with Gasteiger partial charge in [0.05, 0.1) is 18.4 Å². The Morgan fingerprint density at radius 1 is 1.16 bits per heavy atom. The molecule has 4 rings (SSSR count). The highest BCUT2D eigenvalue weighted by Crippen LogP contribution is 2.30. The van der Waals surface area contributed by atoms with Gasteiger partial charge >= 0.3 is 0 Å². The second-order valence-electron chi connectivity index (χ2n) is 7.45. The van der Waals surface area contributed by atoms with Gasteiger partial charge in [-0.2, -0.15) is 5.10 Å². The van der Waals surface area contributed by atoms with Crippen molar-refractivity contribution in [1.82, 2.24) is 15.7 Å². The molecule has 1 aliphatic rings. The van der Waals surface area contributed by atoms with Crippen LogP contribution in [0.5, 0.6) is 5.75 Å². The number of para-hydroxylation sites is 1. The number of methoxy groups -OCH3 is 1. The smallest absolute Gasteiger partial charge is 0.287 e. The summed E-state index contributed by atoms with van der Waals surface area (Å²) in [5.74, 6) is 0.799. The van der Waals surface area contributed by atoms with E-state index in [1.807, 2.05) is 19.1 Å². The zero-order valence-corrected chi connectivity index (χ0v) is 18.0. The standard InChI is InChI=1S/C24H24N4O4/c1-15-21-18(27-28-23(29)17-8-3-4-10-19(17)31-2)9-5-11-20(21)32-22(15)24(30)26-14-16-7-6-12-25-13-16/h3-4,6-8,10,12-13H,5,9,11,14H2,1-2H3,(H,26,30)(H,28,29)/b27-18+. The van der Waals surface area contributed by atoms with Gasteiger partial charge < -0.3 is 14.5 Å². The number of hydrogen-bond acceptors (Lipinski definition) is 6. The number of fused-ring (bicyclic) bond motifs is 1. The molecule has 8 nitrogen and oxygen atoms in total. The number of aryl methyl sites for hydroxylation is 1. The van der Waals surface area contributed by atoms with Crippen LogP contribution in [0.15, 0.2) is 58.3 Å². The summed E-state index contributed by atoms with van der Waals surface area (Å²) in [5, 5.41) is 7.23. The zero-order chi connectivity index (χ0) is 22.5. The largest absolute Gasteiger partial charge is 0.496 e. The Morgan fingerprint density at radius 2 is 2.00 bits per heavy atom. The lowest BCUT2D eigenvalue weighted by atomic mass is 9.93. The van der Waals surface area contributed by atoms with Gasteiger partial charge in [0, 0.05) is 36.5 Å². The van der Waals surface area contributed by atoms with Crippen molar-refractivity contribution in [3.05, 3.63) is 82.6 Å². The number of nitrogens with zero attached hydrogens (tertiary/aromatic N) is 2. The van der Waals surface area contributed by atoms with E-state index >= 15 is 0 Å². The molecular weight excluding hydrogens is 408 g/mol. The monoisotopic (exact) mass is 432 g/mol. The van der Waals surface area contributed by atoms with Crippen molar-refractivity contribution in [3.63, 3.8) is 0 Å². The number of rotatable bonds is 6. The summed E-state index contributed by atoms with van der Waals surface area (Å²) >= 11 is 0. The third-order valence-electron chi connectivity index (χ3n) is 5.35. The van der Waals surface area contributed by atoms with Gasteiger partial charge in [-0.1, -0.05) is 18.2 Å². The molecule has 0 aliphatic heterocycles. The number of aromatic nitrogens is 1. The van der Waals surface area contributed by atoms with Crippen LogP contribution in [0.3, 0.4) is 0 Å². The lowest BCUT2D eigenvalue weighted by Crippen LogP contribution is -2.24. The van der Waals surface area contributed by atoms with Crippen LogP contribution in [-0.2, 0) is 13.0 Å². The molecule has 2 N–H and O–H groups in total. The van der Waals surface area contributed by atoms with Crippen LogP contribution >= 0.6 is 0 Å². The third kappa shape index (κ3) is 4.39. The average molecular weight is 432 g/mol. The summed E-state index contributed by atoms with van der Waals surface area (Å²) in [6.07, 6.45) is 5.60. The Kier molecular flexibility index (Phi) is 6.30. The minimum Gasteiger partial charge on any atom is -0.496 e. The Bertz CT molecular complexity index is 1170. The number of hydrogen-bond donors (Lipinski definition) is 2. The van der Waals surface area contributed by atoms with Gasteiger partial charge in [0.25, 0.3) is 11.8 Å². The van der Waals surface area contributed by atoms with Gasteiger partial charge in [-0.05, 0) is 43.5 Å². The van der Waals surface area contributed by atoms with E-state index in [4.69, 9.17) is 9.15 Å². The summed E-state index contributed by atoms with van der Waals surface area (Å²) in [6, 6.07) is 10.7. The Labute approximate surface area is 185 Å². The Hall–Kier alpha value is -3.94. The normalized spacial score (nSPS) is 14.0. The molecule has 2 aromatic heterocycles. The van der Waals surface area contributed by atoms with Crippen LogP contribution in [0.4, 0.5) is 0 Å². The van der Waals surface area contributed by atoms with Gasteiger partial charge in [0.15, 0.2) is 5.76 Å². The molecule has 1 aromatic carbocycles. The quantitative estimate of drug-likeness (QED) is 0.581. The van der Waals surface area contributed by atoms with E-state index in [-0.39, 0.29) is 17.6 Å². The molecule has 0 fully saturated rings. The fraction of sp³-hybridized carbons (Fsp3) is 0.250. The summed E-state index contributed by atoms with van der Waals surface area (Å²) in [7, 11) is 1.52. The van der Waals surface area contributed by atoms with Gasteiger partial charge in [-0.3, -0.25) is 14.6 Å². The minimum atomic E-state index is -0.363. The van der Waals surface area contributed by atoms with Crippen LogP contribution in [0.25, 0.3) is 0 Å². The second kappa shape index (κ2) is 9.47. The van der Waals surface area contributed by atoms with Crippen molar-refractivity contribution < 1.29 is 18.7 Å². The van der Waals surface area contributed by atoms with E-state index in [2.05, 4.69) is 20.8 Å². The molecule has 3 aromatic rings. The van der Waals surface area contributed by atoms with E-state index in [0.717, 1.165) is 17.5 Å². The molecule has 0 radical (unpaired) electrons. The summed E-state index contributed by atoms with van der Waals surface area (Å²) in [4.78, 5) is 29.4. The van der Waals surface area contributed by atoms with Crippen LogP contribution in [0.1, 0.15) is 56.2 Å². The number of benzene rings is 1. The summed E-state index contributed by atoms with van der Waals surface area (Å²) in [6.45, 7) is 2.19. The van der Waals surface area contributed by atoms with Crippen LogP contribution in [0, 0.1) is 6.92 Å². The van der Waals surface area contributed by atoms with Crippen molar-refractivity contribution in [2.24, 2.45) is 5.10 Å². The topological polar surface area (TPSA) is 106 Å². The van der Waals surface area contributed by atoms with Crippen molar-refractivity contribution >= 4 is 17.5 Å². The maximum absolute atomic E-state index is 12.7. The number of hydrazone groups is 1. The number of nitrogens with one attached hydrogen (secondary N) is 2. The van der Waals surface area contributed by atoms with Crippen LogP contribution < -0.4 is 15.5 Å². The predicted octanol–water partition coefficient (Wildman–Crippen LogP) is 3.39. The van der Waals surface area contributed by atoms with Gasteiger partial charge in [0.1, 0.15) is 11.5 Å². The number of ether oxygens (including phenoxy) is 1. The Morgan fingerprint density at radius 3 is 2.78 bits per heavy atom. The molecule has 0 unspecified atom stereocenters. The first-order valence-corrected chi connectivity index (χ1v) is 10.4. The van der Waals surface area contributed by atoms with Crippen LogP contribution in [0.2, 0.25) is 0 Å². The molecular formula is C24H24N4O4. The number of pyridine rings is 1. The van der Waals surface area contributed by atoms with Crippen molar-refractivity contribution in [2.45, 2.75) is 32.7 Å². The first kappa shape index (κ1) is 21.3. The maximum atomic E-state index is 12.7. The number of carbonyl (C=O) groups is 2. The van der Waals surface area contributed by atoms with Crippen LogP contribution in [-0.4, -0.2) is 29.6 Å². The highest BCUT2D eigenvalue weighted by Gasteiger charge is 2.28. The molecule has 164 valence electrons. The van der Waals surface area contributed by atoms with Crippen molar-refractivity contribution in [2.75, 3.05) is 7.11 Å². The second-order valence-corrected chi connectivity index (χ2v) is 7.45. The molecule has 2 amide bonds. The third-order valence-corrected chi connectivity index (χ3v) is 5.35. The molecule has 32 heavy (non-hydrogen) atoms. The van der Waals surface area contributed by atoms with Crippen molar-refractivity contribution in [3.8, 4) is 5.75 Å². The van der Waals surface area contributed by atoms with E-state index in [0.29, 0.717) is 47.7 Å². The minimum absolute atomic E-state index is 0.268. The van der Waals surface area contributed by atoms with Gasteiger partial charge in [0.2, 0.25) is 0 Å². The first-order chi connectivity index (χ1) is 15.6. The predicted molar refractivity (Wildman–Crippen MR) is 119 cm³/mol. The zero-order valence-electron chi connectivity index (χ0n) is 18.0. The van der Waals surface area contributed by atoms with E-state index in [1.165, 1.54) is 7.11 Å². The summed E-state index contributed by atoms with van der Waals surface area (Å²) < 4.78 is 11.1. The fourth-order valence-electron chi connectivity index (χ4n) is 3.77. The van der Waals surface area contributed by atoms with E-state index in [9.17, 15) is 9.59 Å². The van der Waals surface area contributed by atoms with Gasteiger partial charge in [-0.25, -0.2) is 5.43 Å². The molecule has 2 heterocycles. The molecule has 0 saturated carbocycles. The Balaban J connectivity index is 1.52. The molecule has 0 atom stereocenters. The lowest BCUT2D eigenvalue weighted by Gasteiger charge is -2.14.